The Kier molecular flexibility index (Phi) is 6.42. The van der Waals surface area contributed by atoms with Gasteiger partial charge >= 0.3 is 0 Å². The molecule has 1 atom stereocenters. The summed E-state index contributed by atoms with van der Waals surface area (Å²) in [6.07, 6.45) is 0. The van der Waals surface area contributed by atoms with E-state index < -0.39 is 5.38 Å². The molecule has 0 aliphatic carbocycles. The van der Waals surface area contributed by atoms with Crippen molar-refractivity contribution in [2.75, 3.05) is 0 Å². The highest BCUT2D eigenvalue weighted by atomic mass is 35.5. The Morgan fingerprint density at radius 3 is 2.22 bits per heavy atom. The third-order valence-electron chi connectivity index (χ3n) is 5.73. The van der Waals surface area contributed by atoms with Crippen LogP contribution in [0.3, 0.4) is 0 Å². The highest BCUT2D eigenvalue weighted by Gasteiger charge is 2.25. The van der Waals surface area contributed by atoms with Crippen LogP contribution in [0, 0.1) is 13.8 Å². The van der Waals surface area contributed by atoms with Crippen molar-refractivity contribution in [3.63, 3.8) is 0 Å². The number of H-pyrrole nitrogens is 1. The third-order valence-corrected chi connectivity index (χ3v) is 6.17. The number of nitrogens with zero attached hydrogens (tertiary/aromatic N) is 1. The smallest absolute Gasteiger partial charge is 0.253 e. The van der Waals surface area contributed by atoms with Crippen LogP contribution < -0.4 is 5.56 Å². The summed E-state index contributed by atoms with van der Waals surface area (Å²) in [5.74, 6) is -0.235. The van der Waals surface area contributed by atoms with Crippen LogP contribution in [0.1, 0.15) is 33.2 Å². The maximum absolute atomic E-state index is 13.4. The molecule has 4 aromatic rings. The van der Waals surface area contributed by atoms with Crippen molar-refractivity contribution < 1.29 is 4.79 Å². The van der Waals surface area contributed by atoms with Gasteiger partial charge in [-0.15, -0.1) is 11.6 Å². The van der Waals surface area contributed by atoms with E-state index >= 15 is 0 Å². The van der Waals surface area contributed by atoms with Gasteiger partial charge in [0.15, 0.2) is 0 Å². The number of hydrogen-bond acceptors (Lipinski definition) is 2. The van der Waals surface area contributed by atoms with Gasteiger partial charge in [-0.1, -0.05) is 60.7 Å². The van der Waals surface area contributed by atoms with Crippen molar-refractivity contribution in [2.24, 2.45) is 0 Å². The number of aromatic nitrogens is 1. The zero-order chi connectivity index (χ0) is 22.7. The molecule has 162 valence electrons. The fourth-order valence-corrected chi connectivity index (χ4v) is 4.07. The first-order valence-electron chi connectivity index (χ1n) is 10.6. The van der Waals surface area contributed by atoms with Crippen LogP contribution in [0.4, 0.5) is 0 Å². The van der Waals surface area contributed by atoms with Gasteiger partial charge in [0.25, 0.3) is 5.56 Å². The number of alkyl halides is 1. The summed E-state index contributed by atoms with van der Waals surface area (Å²) in [7, 11) is 0. The standard InChI is InChI=1S/C27H25ClN2O2/c1-18-13-22-15-23(26(31)29-24(22)14-19(18)2)17-30(16-20-9-5-3-6-10-20)27(32)25(28)21-11-7-4-8-12-21/h3-15,25H,16-17H2,1-2H3,(H,29,31)/t25-/m0/s1. The minimum Gasteiger partial charge on any atom is -0.332 e. The summed E-state index contributed by atoms with van der Waals surface area (Å²) < 4.78 is 0. The third kappa shape index (κ3) is 4.76. The number of nitrogens with one attached hydrogen (secondary N) is 1. The molecule has 0 radical (unpaired) electrons. The number of rotatable bonds is 6. The van der Waals surface area contributed by atoms with Crippen LogP contribution in [-0.4, -0.2) is 15.8 Å². The average molecular weight is 445 g/mol. The quantitative estimate of drug-likeness (QED) is 0.390. The Morgan fingerprint density at radius 1 is 0.906 bits per heavy atom. The Balaban J connectivity index is 1.70. The molecule has 0 aliphatic rings. The number of pyridine rings is 1. The van der Waals surface area contributed by atoms with Crippen LogP contribution >= 0.6 is 11.6 Å². The second-order valence-electron chi connectivity index (χ2n) is 8.10. The Bertz CT molecular complexity index is 1300. The van der Waals surface area contributed by atoms with E-state index in [1.807, 2.05) is 86.6 Å². The van der Waals surface area contributed by atoms with E-state index in [9.17, 15) is 9.59 Å². The lowest BCUT2D eigenvalue weighted by atomic mass is 10.0. The Labute approximate surface area is 192 Å². The van der Waals surface area contributed by atoms with Crippen molar-refractivity contribution in [1.82, 2.24) is 9.88 Å². The van der Waals surface area contributed by atoms with Gasteiger partial charge in [0.1, 0.15) is 5.38 Å². The van der Waals surface area contributed by atoms with E-state index in [0.29, 0.717) is 12.1 Å². The van der Waals surface area contributed by atoms with Crippen LogP contribution in [0.5, 0.6) is 0 Å². The first-order valence-corrected chi connectivity index (χ1v) is 11.0. The summed E-state index contributed by atoms with van der Waals surface area (Å²) in [4.78, 5) is 30.9. The van der Waals surface area contributed by atoms with Crippen molar-refractivity contribution >= 4 is 28.4 Å². The second-order valence-corrected chi connectivity index (χ2v) is 8.54. The molecule has 0 aliphatic heterocycles. The summed E-state index contributed by atoms with van der Waals surface area (Å²) in [5, 5.41) is 0.115. The number of hydrogen-bond donors (Lipinski definition) is 1. The van der Waals surface area contributed by atoms with E-state index in [0.717, 1.165) is 33.2 Å². The monoisotopic (exact) mass is 444 g/mol. The maximum atomic E-state index is 13.4. The lowest BCUT2D eigenvalue weighted by molar-refractivity contribution is -0.132. The van der Waals surface area contributed by atoms with Crippen molar-refractivity contribution in [2.45, 2.75) is 32.3 Å². The van der Waals surface area contributed by atoms with Crippen LogP contribution in [0.15, 0.2) is 83.7 Å². The van der Waals surface area contributed by atoms with Crippen molar-refractivity contribution in [3.05, 3.63) is 117 Å². The zero-order valence-corrected chi connectivity index (χ0v) is 18.9. The average Bonchev–Trinajstić information content (AvgIpc) is 2.80. The largest absolute Gasteiger partial charge is 0.332 e. The highest BCUT2D eigenvalue weighted by molar-refractivity contribution is 6.30. The van der Waals surface area contributed by atoms with E-state index in [-0.39, 0.29) is 18.0 Å². The molecule has 1 N–H and O–H groups in total. The lowest BCUT2D eigenvalue weighted by Gasteiger charge is -2.25. The number of carbonyl (C=O) groups excluding carboxylic acids is 1. The van der Waals surface area contributed by atoms with Gasteiger partial charge in [-0.3, -0.25) is 9.59 Å². The molecule has 0 saturated heterocycles. The van der Waals surface area contributed by atoms with E-state index in [1.165, 1.54) is 0 Å². The molecule has 3 aromatic carbocycles. The van der Waals surface area contributed by atoms with Gasteiger partial charge in [-0.2, -0.15) is 0 Å². The summed E-state index contributed by atoms with van der Waals surface area (Å²) in [6, 6.07) is 24.9. The fraction of sp³-hybridized carbons (Fsp3) is 0.185. The van der Waals surface area contributed by atoms with Gasteiger partial charge in [0, 0.05) is 17.6 Å². The van der Waals surface area contributed by atoms with E-state index in [1.54, 1.807) is 4.90 Å². The molecule has 1 aromatic heterocycles. The molecular formula is C27H25ClN2O2. The number of carbonyl (C=O) groups is 1. The number of benzene rings is 3. The van der Waals surface area contributed by atoms with E-state index in [4.69, 9.17) is 11.6 Å². The first kappa shape index (κ1) is 21.8. The highest BCUT2D eigenvalue weighted by Crippen LogP contribution is 2.25. The molecule has 0 saturated carbocycles. The van der Waals surface area contributed by atoms with Gasteiger partial charge in [0.05, 0.1) is 6.54 Å². The molecule has 4 rings (SSSR count). The van der Waals surface area contributed by atoms with Crippen LogP contribution in [0.2, 0.25) is 0 Å². The Hall–Kier alpha value is -3.37. The molecule has 1 heterocycles. The van der Waals surface area contributed by atoms with E-state index in [2.05, 4.69) is 11.1 Å². The SMILES string of the molecule is Cc1cc2cc(CN(Cc3ccccc3)C(=O)[C@@H](Cl)c3ccccc3)c(=O)[nH]c2cc1C. The minimum absolute atomic E-state index is 0.169. The number of fused-ring (bicyclic) bond motifs is 1. The number of aromatic amines is 1. The summed E-state index contributed by atoms with van der Waals surface area (Å²) in [5.41, 5.74) is 5.10. The molecule has 5 heteroatoms. The number of amides is 1. The molecule has 0 unspecified atom stereocenters. The predicted octanol–water partition coefficient (Wildman–Crippen LogP) is 5.65. The summed E-state index contributed by atoms with van der Waals surface area (Å²) in [6.45, 7) is 4.59. The molecule has 32 heavy (non-hydrogen) atoms. The summed E-state index contributed by atoms with van der Waals surface area (Å²) >= 11 is 6.58. The molecule has 4 nitrogen and oxygen atoms in total. The topological polar surface area (TPSA) is 53.2 Å². The maximum Gasteiger partial charge on any atom is 0.253 e. The molecule has 0 fully saturated rings. The second kappa shape index (κ2) is 9.41. The van der Waals surface area contributed by atoms with Gasteiger partial charge < -0.3 is 9.88 Å². The molecular weight excluding hydrogens is 420 g/mol. The molecule has 1 amide bonds. The zero-order valence-electron chi connectivity index (χ0n) is 18.1. The fourth-order valence-electron chi connectivity index (χ4n) is 3.79. The van der Waals surface area contributed by atoms with Crippen LogP contribution in [-0.2, 0) is 17.9 Å². The van der Waals surface area contributed by atoms with Gasteiger partial charge in [-0.25, -0.2) is 0 Å². The predicted molar refractivity (Wildman–Crippen MR) is 130 cm³/mol. The van der Waals surface area contributed by atoms with Crippen LogP contribution in [0.25, 0.3) is 10.9 Å². The molecule has 0 spiro atoms. The minimum atomic E-state index is -0.829. The first-order chi connectivity index (χ1) is 15.4. The van der Waals surface area contributed by atoms with Crippen molar-refractivity contribution in [1.29, 1.82) is 0 Å². The number of aryl methyl sites for hydroxylation is 2. The number of halogens is 1. The molecule has 0 bridgehead atoms. The Morgan fingerprint density at radius 2 is 1.53 bits per heavy atom. The van der Waals surface area contributed by atoms with Gasteiger partial charge in [0.2, 0.25) is 5.91 Å². The normalized spacial score (nSPS) is 12.0. The van der Waals surface area contributed by atoms with Crippen molar-refractivity contribution in [3.8, 4) is 0 Å². The lowest BCUT2D eigenvalue weighted by Crippen LogP contribution is -2.34. The van der Waals surface area contributed by atoms with Gasteiger partial charge in [-0.05, 0) is 59.7 Å².